The minimum absolute atomic E-state index is 0.00708. The summed E-state index contributed by atoms with van der Waals surface area (Å²) in [6, 6.07) is 6.01. The van der Waals surface area contributed by atoms with Crippen LogP contribution in [0, 0.1) is 5.92 Å². The second kappa shape index (κ2) is 9.67. The number of hydrogen-bond acceptors (Lipinski definition) is 6. The van der Waals surface area contributed by atoms with Crippen molar-refractivity contribution in [2.75, 3.05) is 53.3 Å². The van der Waals surface area contributed by atoms with E-state index in [-0.39, 0.29) is 19.3 Å². The van der Waals surface area contributed by atoms with Gasteiger partial charge < -0.3 is 28.7 Å². The first kappa shape index (κ1) is 20.3. The highest BCUT2D eigenvalue weighted by Crippen LogP contribution is 2.35. The molecular formula is C22H32N2O5. The lowest BCUT2D eigenvalue weighted by atomic mass is 9.83. The lowest BCUT2D eigenvalue weighted by Crippen LogP contribution is -2.52. The third kappa shape index (κ3) is 4.95. The molecule has 3 aliphatic heterocycles. The van der Waals surface area contributed by atoms with Crippen molar-refractivity contribution in [3.05, 3.63) is 18.2 Å². The molecule has 2 saturated heterocycles. The Balaban J connectivity index is 1.35. The van der Waals surface area contributed by atoms with Gasteiger partial charge in [0.05, 0.1) is 6.61 Å². The SMILES string of the molecule is COCCN(C[C@H]1CCCN2CCCC[C@@H]12)C(=O)COc1ccc2c(c1)OCO2. The van der Waals surface area contributed by atoms with Crippen molar-refractivity contribution in [2.24, 2.45) is 5.92 Å². The minimum Gasteiger partial charge on any atom is -0.484 e. The van der Waals surface area contributed by atoms with E-state index in [1.165, 1.54) is 45.2 Å². The Hall–Kier alpha value is -1.99. The molecule has 7 heteroatoms. The van der Waals surface area contributed by atoms with Crippen molar-refractivity contribution < 1.29 is 23.7 Å². The average Bonchev–Trinajstić information content (AvgIpc) is 3.23. The van der Waals surface area contributed by atoms with E-state index in [2.05, 4.69) is 4.90 Å². The molecule has 29 heavy (non-hydrogen) atoms. The van der Waals surface area contributed by atoms with Gasteiger partial charge in [-0.05, 0) is 56.8 Å². The normalized spacial score (nSPS) is 23.5. The highest BCUT2D eigenvalue weighted by atomic mass is 16.7. The fourth-order valence-corrected chi connectivity index (χ4v) is 4.80. The molecule has 1 aromatic rings. The maximum Gasteiger partial charge on any atom is 0.260 e. The average molecular weight is 405 g/mol. The molecule has 0 bridgehead atoms. The largest absolute Gasteiger partial charge is 0.484 e. The minimum atomic E-state index is 0.00708. The third-order valence-electron chi connectivity index (χ3n) is 6.31. The standard InChI is InChI=1S/C22H32N2O5/c1-26-12-11-24(14-17-5-4-10-23-9-3-2-6-19(17)23)22(25)15-27-18-7-8-20-21(13-18)29-16-28-20/h7-8,13,17,19H,2-6,9-12,14-16H2,1H3/t17-,19+/m1/s1. The molecule has 0 saturated carbocycles. The van der Waals surface area contributed by atoms with Gasteiger partial charge >= 0.3 is 0 Å². The fraction of sp³-hybridized carbons (Fsp3) is 0.682. The zero-order valence-corrected chi connectivity index (χ0v) is 17.3. The summed E-state index contributed by atoms with van der Waals surface area (Å²) < 4.78 is 21.7. The van der Waals surface area contributed by atoms with Crippen LogP contribution in [0.4, 0.5) is 0 Å². The predicted octanol–water partition coefficient (Wildman–Crippen LogP) is 2.53. The first-order valence-corrected chi connectivity index (χ1v) is 10.8. The number of hydrogen-bond donors (Lipinski definition) is 0. The van der Waals surface area contributed by atoms with E-state index in [0.717, 1.165) is 6.54 Å². The van der Waals surface area contributed by atoms with Gasteiger partial charge in [0.1, 0.15) is 5.75 Å². The maximum absolute atomic E-state index is 13.0. The topological polar surface area (TPSA) is 60.5 Å². The van der Waals surface area contributed by atoms with Crippen LogP contribution in [0.2, 0.25) is 0 Å². The quantitative estimate of drug-likeness (QED) is 0.664. The molecule has 3 heterocycles. The van der Waals surface area contributed by atoms with Crippen molar-refractivity contribution in [3.63, 3.8) is 0 Å². The number of rotatable bonds is 8. The number of carbonyl (C=O) groups excluding carboxylic acids is 1. The Morgan fingerprint density at radius 1 is 1.17 bits per heavy atom. The van der Waals surface area contributed by atoms with Crippen LogP contribution in [0.1, 0.15) is 32.1 Å². The molecule has 4 rings (SSSR count). The van der Waals surface area contributed by atoms with Crippen LogP contribution < -0.4 is 14.2 Å². The molecule has 1 aromatic carbocycles. The molecule has 0 unspecified atom stereocenters. The third-order valence-corrected chi connectivity index (χ3v) is 6.31. The molecule has 0 radical (unpaired) electrons. The molecular weight excluding hydrogens is 372 g/mol. The summed E-state index contributed by atoms with van der Waals surface area (Å²) in [5, 5.41) is 0. The Kier molecular flexibility index (Phi) is 6.77. The van der Waals surface area contributed by atoms with Gasteiger partial charge in [-0.25, -0.2) is 0 Å². The number of carbonyl (C=O) groups is 1. The number of benzene rings is 1. The summed E-state index contributed by atoms with van der Waals surface area (Å²) in [6.07, 6.45) is 6.28. The highest BCUT2D eigenvalue weighted by Gasteiger charge is 2.34. The van der Waals surface area contributed by atoms with Crippen LogP contribution in [0.3, 0.4) is 0 Å². The van der Waals surface area contributed by atoms with E-state index in [9.17, 15) is 4.79 Å². The van der Waals surface area contributed by atoms with E-state index < -0.39 is 0 Å². The summed E-state index contributed by atoms with van der Waals surface area (Å²) in [7, 11) is 1.68. The fourth-order valence-electron chi connectivity index (χ4n) is 4.80. The van der Waals surface area contributed by atoms with Gasteiger partial charge in [-0.15, -0.1) is 0 Å². The van der Waals surface area contributed by atoms with Gasteiger partial charge in [-0.1, -0.05) is 6.42 Å². The van der Waals surface area contributed by atoms with Crippen molar-refractivity contribution in [1.82, 2.24) is 9.80 Å². The highest BCUT2D eigenvalue weighted by molar-refractivity contribution is 5.77. The Bertz CT molecular complexity index is 696. The van der Waals surface area contributed by atoms with Crippen LogP contribution in [0.15, 0.2) is 18.2 Å². The first-order chi connectivity index (χ1) is 14.2. The van der Waals surface area contributed by atoms with E-state index in [1.807, 2.05) is 11.0 Å². The predicted molar refractivity (Wildman–Crippen MR) is 108 cm³/mol. The lowest BCUT2D eigenvalue weighted by Gasteiger charge is -2.45. The van der Waals surface area contributed by atoms with Crippen molar-refractivity contribution in [2.45, 2.75) is 38.1 Å². The van der Waals surface area contributed by atoms with Gasteiger partial charge in [0, 0.05) is 32.3 Å². The van der Waals surface area contributed by atoms with E-state index >= 15 is 0 Å². The number of ether oxygens (including phenoxy) is 4. The van der Waals surface area contributed by atoms with Crippen LogP contribution in [0.5, 0.6) is 17.2 Å². The maximum atomic E-state index is 13.0. The summed E-state index contributed by atoms with van der Waals surface area (Å²) >= 11 is 0. The molecule has 7 nitrogen and oxygen atoms in total. The van der Waals surface area contributed by atoms with Gasteiger partial charge in [0.2, 0.25) is 6.79 Å². The second-order valence-electron chi connectivity index (χ2n) is 8.14. The molecule has 1 amide bonds. The molecule has 0 aliphatic carbocycles. The Labute approximate surface area is 172 Å². The Morgan fingerprint density at radius 3 is 2.93 bits per heavy atom. The number of methoxy groups -OCH3 is 1. The first-order valence-electron chi connectivity index (χ1n) is 10.8. The van der Waals surface area contributed by atoms with Crippen LogP contribution in [-0.4, -0.2) is 75.0 Å². The zero-order valence-electron chi connectivity index (χ0n) is 17.3. The monoisotopic (exact) mass is 404 g/mol. The summed E-state index contributed by atoms with van der Waals surface area (Å²) in [5.41, 5.74) is 0. The molecule has 3 aliphatic rings. The molecule has 160 valence electrons. The second-order valence-corrected chi connectivity index (χ2v) is 8.14. The van der Waals surface area contributed by atoms with E-state index in [1.54, 1.807) is 19.2 Å². The van der Waals surface area contributed by atoms with Crippen LogP contribution >= 0.6 is 0 Å². The molecule has 0 spiro atoms. The Morgan fingerprint density at radius 2 is 2.03 bits per heavy atom. The van der Waals surface area contributed by atoms with Crippen molar-refractivity contribution >= 4 is 5.91 Å². The van der Waals surface area contributed by atoms with E-state index in [4.69, 9.17) is 18.9 Å². The lowest BCUT2D eigenvalue weighted by molar-refractivity contribution is -0.135. The number of fused-ring (bicyclic) bond motifs is 2. The van der Waals surface area contributed by atoms with Gasteiger partial charge in [-0.3, -0.25) is 4.79 Å². The molecule has 0 N–H and O–H groups in total. The summed E-state index contributed by atoms with van der Waals surface area (Å²) in [4.78, 5) is 17.5. The van der Waals surface area contributed by atoms with Crippen molar-refractivity contribution in [3.8, 4) is 17.2 Å². The van der Waals surface area contributed by atoms with E-state index in [0.29, 0.717) is 42.4 Å². The molecule has 0 aromatic heterocycles. The van der Waals surface area contributed by atoms with Crippen LogP contribution in [-0.2, 0) is 9.53 Å². The molecule has 2 fully saturated rings. The van der Waals surface area contributed by atoms with Crippen LogP contribution in [0.25, 0.3) is 0 Å². The van der Waals surface area contributed by atoms with Crippen molar-refractivity contribution in [1.29, 1.82) is 0 Å². The zero-order chi connectivity index (χ0) is 20.1. The molecule has 2 atom stereocenters. The summed E-state index contributed by atoms with van der Waals surface area (Å²) in [5.74, 6) is 2.53. The van der Waals surface area contributed by atoms with Gasteiger partial charge in [0.25, 0.3) is 5.91 Å². The summed E-state index contributed by atoms with van der Waals surface area (Å²) in [6.45, 7) is 4.58. The smallest absolute Gasteiger partial charge is 0.260 e. The van der Waals surface area contributed by atoms with Gasteiger partial charge in [0.15, 0.2) is 18.1 Å². The van der Waals surface area contributed by atoms with Gasteiger partial charge in [-0.2, -0.15) is 0 Å². The number of amides is 1. The number of piperidine rings is 2. The number of nitrogens with zero attached hydrogens (tertiary/aromatic N) is 2.